The Morgan fingerprint density at radius 2 is 2.00 bits per heavy atom. The molecule has 0 bridgehead atoms. The number of carbonyl (C=O) groups is 1. The second kappa shape index (κ2) is 2.86. The molecule has 2 aliphatic carbocycles. The first kappa shape index (κ1) is 8.28. The number of Topliss-reactive ketones (excluding diaryl/α,β-unsaturated/α-hetero) is 1. The highest BCUT2D eigenvalue weighted by atomic mass is 16.1. The molecule has 68 valence electrons. The molecular formula is C11H18O. The zero-order chi connectivity index (χ0) is 8.60. The van der Waals surface area contributed by atoms with Crippen LogP contribution in [0.2, 0.25) is 0 Å². The van der Waals surface area contributed by atoms with Crippen molar-refractivity contribution in [1.82, 2.24) is 0 Å². The average Bonchev–Trinajstić information content (AvgIpc) is 2.45. The molecule has 0 saturated heterocycles. The number of hydrogen-bond donors (Lipinski definition) is 0. The number of hydrogen-bond acceptors (Lipinski definition) is 1. The van der Waals surface area contributed by atoms with Gasteiger partial charge in [-0.3, -0.25) is 4.79 Å². The summed E-state index contributed by atoms with van der Waals surface area (Å²) in [5.41, 5.74) is 0.507. The van der Waals surface area contributed by atoms with Crippen molar-refractivity contribution in [2.45, 2.75) is 51.9 Å². The summed E-state index contributed by atoms with van der Waals surface area (Å²) in [4.78, 5) is 11.6. The lowest BCUT2D eigenvalue weighted by Gasteiger charge is -2.43. The van der Waals surface area contributed by atoms with Crippen LogP contribution in [0.4, 0.5) is 0 Å². The smallest absolute Gasteiger partial charge is 0.136 e. The van der Waals surface area contributed by atoms with Gasteiger partial charge in [-0.2, -0.15) is 0 Å². The first-order valence-corrected chi connectivity index (χ1v) is 5.31. The largest absolute Gasteiger partial charge is 0.299 e. The van der Waals surface area contributed by atoms with Crippen molar-refractivity contribution in [2.24, 2.45) is 11.3 Å². The zero-order valence-electron chi connectivity index (χ0n) is 7.94. The van der Waals surface area contributed by atoms with Gasteiger partial charge < -0.3 is 0 Å². The fourth-order valence-corrected chi connectivity index (χ4v) is 3.12. The van der Waals surface area contributed by atoms with Gasteiger partial charge in [0, 0.05) is 12.3 Å². The predicted molar refractivity (Wildman–Crippen MR) is 48.9 cm³/mol. The monoisotopic (exact) mass is 166 g/mol. The van der Waals surface area contributed by atoms with Crippen molar-refractivity contribution in [3.63, 3.8) is 0 Å². The Morgan fingerprint density at radius 3 is 2.50 bits per heavy atom. The molecule has 0 N–H and O–H groups in total. The highest BCUT2D eigenvalue weighted by Gasteiger charge is 2.49. The lowest BCUT2D eigenvalue weighted by Crippen LogP contribution is -2.37. The van der Waals surface area contributed by atoms with E-state index in [0.717, 1.165) is 6.42 Å². The average molecular weight is 166 g/mol. The molecule has 1 spiro atoms. The van der Waals surface area contributed by atoms with Crippen LogP contribution in [0.3, 0.4) is 0 Å². The molecule has 2 fully saturated rings. The molecule has 2 saturated carbocycles. The fourth-order valence-electron chi connectivity index (χ4n) is 3.12. The molecule has 1 atom stereocenters. The maximum atomic E-state index is 11.6. The van der Waals surface area contributed by atoms with Crippen molar-refractivity contribution >= 4 is 5.78 Å². The van der Waals surface area contributed by atoms with Gasteiger partial charge in [0.1, 0.15) is 5.78 Å². The standard InChI is InChI=1S/C11H18O/c1-2-10(12)9-5-3-6-11(9)7-4-8-11/h9H,2-8H2,1H3. The third kappa shape index (κ3) is 1.02. The summed E-state index contributed by atoms with van der Waals surface area (Å²) < 4.78 is 0. The Labute approximate surface area is 74.5 Å². The highest BCUT2D eigenvalue weighted by molar-refractivity contribution is 5.82. The summed E-state index contributed by atoms with van der Waals surface area (Å²) in [6, 6.07) is 0. The molecule has 0 aliphatic heterocycles. The van der Waals surface area contributed by atoms with Crippen LogP contribution in [0, 0.1) is 11.3 Å². The van der Waals surface area contributed by atoms with Gasteiger partial charge in [-0.15, -0.1) is 0 Å². The molecule has 0 radical (unpaired) electrons. The van der Waals surface area contributed by atoms with E-state index in [1.54, 1.807) is 0 Å². The van der Waals surface area contributed by atoms with E-state index in [4.69, 9.17) is 0 Å². The molecule has 0 aromatic carbocycles. The third-order valence-corrected chi connectivity index (χ3v) is 3.99. The van der Waals surface area contributed by atoms with Crippen LogP contribution in [0.15, 0.2) is 0 Å². The maximum Gasteiger partial charge on any atom is 0.136 e. The van der Waals surface area contributed by atoms with Gasteiger partial charge in [-0.05, 0) is 31.1 Å². The second-order valence-electron chi connectivity index (χ2n) is 4.48. The van der Waals surface area contributed by atoms with Crippen molar-refractivity contribution in [3.8, 4) is 0 Å². The van der Waals surface area contributed by atoms with E-state index in [2.05, 4.69) is 0 Å². The number of carbonyl (C=O) groups excluding carboxylic acids is 1. The molecule has 1 nitrogen and oxygen atoms in total. The first-order chi connectivity index (χ1) is 5.78. The summed E-state index contributed by atoms with van der Waals surface area (Å²) >= 11 is 0. The number of ketones is 1. The molecule has 0 amide bonds. The molecule has 12 heavy (non-hydrogen) atoms. The summed E-state index contributed by atoms with van der Waals surface area (Å²) in [5.74, 6) is 0.989. The zero-order valence-corrected chi connectivity index (χ0v) is 7.94. The van der Waals surface area contributed by atoms with E-state index >= 15 is 0 Å². The van der Waals surface area contributed by atoms with Crippen molar-refractivity contribution in [2.75, 3.05) is 0 Å². The summed E-state index contributed by atoms with van der Waals surface area (Å²) in [5, 5.41) is 0. The molecule has 0 aromatic rings. The topological polar surface area (TPSA) is 17.1 Å². The van der Waals surface area contributed by atoms with E-state index in [9.17, 15) is 4.79 Å². The van der Waals surface area contributed by atoms with E-state index in [1.807, 2.05) is 6.92 Å². The summed E-state index contributed by atoms with van der Waals surface area (Å²) in [6.07, 6.45) is 8.62. The summed E-state index contributed by atoms with van der Waals surface area (Å²) in [6.45, 7) is 2.01. The van der Waals surface area contributed by atoms with Gasteiger partial charge in [0.2, 0.25) is 0 Å². The second-order valence-corrected chi connectivity index (χ2v) is 4.48. The molecular weight excluding hydrogens is 148 g/mol. The Kier molecular flexibility index (Phi) is 1.97. The minimum Gasteiger partial charge on any atom is -0.299 e. The first-order valence-electron chi connectivity index (χ1n) is 5.31. The Morgan fingerprint density at radius 1 is 1.33 bits per heavy atom. The van der Waals surface area contributed by atoms with Crippen LogP contribution in [-0.2, 0) is 4.79 Å². The van der Waals surface area contributed by atoms with Gasteiger partial charge in [-0.25, -0.2) is 0 Å². The van der Waals surface area contributed by atoms with Crippen LogP contribution in [0.1, 0.15) is 51.9 Å². The van der Waals surface area contributed by atoms with Crippen molar-refractivity contribution in [3.05, 3.63) is 0 Å². The minimum atomic E-state index is 0.455. The van der Waals surface area contributed by atoms with E-state index < -0.39 is 0 Å². The van der Waals surface area contributed by atoms with Crippen molar-refractivity contribution < 1.29 is 4.79 Å². The Balaban J connectivity index is 2.09. The van der Waals surface area contributed by atoms with E-state index in [-0.39, 0.29) is 0 Å². The summed E-state index contributed by atoms with van der Waals surface area (Å²) in [7, 11) is 0. The molecule has 1 heteroatoms. The highest BCUT2D eigenvalue weighted by Crippen LogP contribution is 2.57. The fraction of sp³-hybridized carbons (Fsp3) is 0.909. The van der Waals surface area contributed by atoms with Crippen LogP contribution < -0.4 is 0 Å². The molecule has 1 unspecified atom stereocenters. The molecule has 0 aromatic heterocycles. The predicted octanol–water partition coefficient (Wildman–Crippen LogP) is 2.94. The Hall–Kier alpha value is -0.330. The van der Waals surface area contributed by atoms with Gasteiger partial charge in [0.25, 0.3) is 0 Å². The lowest BCUT2D eigenvalue weighted by atomic mass is 9.61. The van der Waals surface area contributed by atoms with Crippen LogP contribution in [-0.4, -0.2) is 5.78 Å². The minimum absolute atomic E-state index is 0.455. The Bertz CT molecular complexity index is 191. The van der Waals surface area contributed by atoms with Crippen LogP contribution >= 0.6 is 0 Å². The van der Waals surface area contributed by atoms with Gasteiger partial charge >= 0.3 is 0 Å². The normalized spacial score (nSPS) is 31.9. The SMILES string of the molecule is CCC(=O)C1CCCC12CCC2. The lowest BCUT2D eigenvalue weighted by molar-refractivity contribution is -0.128. The van der Waals surface area contributed by atoms with E-state index in [0.29, 0.717) is 17.1 Å². The molecule has 0 heterocycles. The molecule has 2 rings (SSSR count). The van der Waals surface area contributed by atoms with Gasteiger partial charge in [0.05, 0.1) is 0 Å². The van der Waals surface area contributed by atoms with Gasteiger partial charge in [0.15, 0.2) is 0 Å². The number of rotatable bonds is 2. The maximum absolute atomic E-state index is 11.6. The van der Waals surface area contributed by atoms with E-state index in [1.165, 1.54) is 38.5 Å². The quantitative estimate of drug-likeness (QED) is 0.616. The third-order valence-electron chi connectivity index (χ3n) is 3.99. The van der Waals surface area contributed by atoms with Gasteiger partial charge in [-0.1, -0.05) is 19.8 Å². The molecule has 2 aliphatic rings. The van der Waals surface area contributed by atoms with Crippen molar-refractivity contribution in [1.29, 1.82) is 0 Å². The van der Waals surface area contributed by atoms with Crippen LogP contribution in [0.25, 0.3) is 0 Å². The van der Waals surface area contributed by atoms with Crippen LogP contribution in [0.5, 0.6) is 0 Å².